The molecule has 2 aromatic rings. The van der Waals surface area contributed by atoms with E-state index in [4.69, 9.17) is 19.3 Å². The first-order chi connectivity index (χ1) is 14.4. The zero-order valence-electron chi connectivity index (χ0n) is 22.4. The molecular weight excluding hydrogens is 628 g/mol. The van der Waals surface area contributed by atoms with E-state index in [-0.39, 0.29) is 16.2 Å². The standard InChI is InChI=1S/C18H31P.C10H14.2ClH.Os/c1-16(2,3)12-10-13(17(4,5)6)15(19)14(11-12)18(7,8)9;1-8(2)10-6-4-9(3)5-7-10;;;/h10-11H,19H2,1-9H3;4-8H,1-3H3;2*1H;/q;;;;+2/p-1. The van der Waals surface area contributed by atoms with Crippen LogP contribution in [0, 0.1) is 6.92 Å². The molecule has 0 saturated heterocycles. The molecule has 0 nitrogen and oxygen atoms in total. The van der Waals surface area contributed by atoms with E-state index in [0.717, 1.165) is 0 Å². The quantitative estimate of drug-likeness (QED) is 0.265. The molecule has 184 valence electrons. The molecule has 0 aliphatic carbocycles. The van der Waals surface area contributed by atoms with Gasteiger partial charge in [0.05, 0.1) is 5.30 Å². The Morgan fingerprint density at radius 3 is 1.31 bits per heavy atom. The molecule has 0 radical (unpaired) electrons. The molecule has 0 bridgehead atoms. The monoisotopic (exact) mass is 675 g/mol. The summed E-state index contributed by atoms with van der Waals surface area (Å²) in [6.45, 7) is 27.4. The van der Waals surface area contributed by atoms with Gasteiger partial charge in [0.25, 0.3) is 0 Å². The van der Waals surface area contributed by atoms with E-state index in [1.807, 2.05) is 0 Å². The van der Waals surface area contributed by atoms with Crippen LogP contribution in [0.25, 0.3) is 0 Å². The molecule has 1 unspecified atom stereocenters. The average molecular weight is 675 g/mol. The third-order valence-corrected chi connectivity index (χ3v) is 6.24. The van der Waals surface area contributed by atoms with Gasteiger partial charge in [-0.1, -0.05) is 118 Å². The van der Waals surface area contributed by atoms with Crippen LogP contribution in [0.4, 0.5) is 0 Å². The molecule has 0 aromatic heterocycles. The van der Waals surface area contributed by atoms with Crippen molar-refractivity contribution in [2.24, 2.45) is 0 Å². The van der Waals surface area contributed by atoms with Crippen molar-refractivity contribution in [2.75, 3.05) is 0 Å². The first-order valence-corrected chi connectivity index (χ1v) is 18.3. The number of rotatable bonds is 1. The fraction of sp³-hybridized carbons (Fsp3) is 0.571. The molecule has 2 aromatic carbocycles. The first kappa shape index (κ1) is 32.1. The Labute approximate surface area is 217 Å². The fourth-order valence-corrected chi connectivity index (χ4v) is 4.66. The van der Waals surface area contributed by atoms with Crippen LogP contribution in [0.15, 0.2) is 36.4 Å². The van der Waals surface area contributed by atoms with Crippen molar-refractivity contribution in [3.8, 4) is 0 Å². The summed E-state index contributed by atoms with van der Waals surface area (Å²) in [5, 5.41) is 1.49. The van der Waals surface area contributed by atoms with E-state index in [9.17, 15) is 0 Å². The Morgan fingerprint density at radius 1 is 0.719 bits per heavy atom. The van der Waals surface area contributed by atoms with Crippen molar-refractivity contribution < 1.29 is 15.4 Å². The molecule has 32 heavy (non-hydrogen) atoms. The molecule has 0 spiro atoms. The van der Waals surface area contributed by atoms with Gasteiger partial charge >= 0.3 is 34.7 Å². The van der Waals surface area contributed by atoms with E-state index in [2.05, 4.69) is 129 Å². The van der Waals surface area contributed by atoms with Gasteiger partial charge in [-0.05, 0) is 51.3 Å². The maximum absolute atomic E-state index is 4.90. The number of halogens is 2. The van der Waals surface area contributed by atoms with Crippen LogP contribution in [-0.4, -0.2) is 0 Å². The minimum absolute atomic E-state index is 0.205. The summed E-state index contributed by atoms with van der Waals surface area (Å²) in [5.74, 6) is 0.653. The van der Waals surface area contributed by atoms with E-state index < -0.39 is 15.4 Å². The molecule has 0 saturated carbocycles. The van der Waals surface area contributed by atoms with Gasteiger partial charge in [0.2, 0.25) is 0 Å². The van der Waals surface area contributed by atoms with Gasteiger partial charge < -0.3 is 0 Å². The normalized spacial score (nSPS) is 12.2. The van der Waals surface area contributed by atoms with Crippen LogP contribution in [0.1, 0.15) is 110 Å². The zero-order chi connectivity index (χ0) is 25.5. The van der Waals surface area contributed by atoms with Crippen LogP contribution < -0.4 is 5.30 Å². The summed E-state index contributed by atoms with van der Waals surface area (Å²) in [6, 6.07) is 13.6. The molecular formula is C28H46Cl2OsP+. The van der Waals surface area contributed by atoms with Crippen molar-refractivity contribution in [3.63, 3.8) is 0 Å². The SMILES string of the molecule is CC(C)(C)c1cc(C(C)(C)C)c([PH3+])c(C(C)(C)C)c1.Cc1ccc(C(C)C)cc1.[Cl][Os][Cl]. The van der Waals surface area contributed by atoms with Crippen molar-refractivity contribution in [1.82, 2.24) is 0 Å². The summed E-state index contributed by atoms with van der Waals surface area (Å²) in [6.07, 6.45) is 0. The van der Waals surface area contributed by atoms with Crippen molar-refractivity contribution in [3.05, 3.63) is 64.2 Å². The summed E-state index contributed by atoms with van der Waals surface area (Å²) < 4.78 is 0. The number of hydrogen-bond donors (Lipinski definition) is 0. The van der Waals surface area contributed by atoms with Gasteiger partial charge in [-0.15, -0.1) is 0 Å². The predicted molar refractivity (Wildman–Crippen MR) is 150 cm³/mol. The second-order valence-corrected chi connectivity index (χ2v) is 16.3. The third kappa shape index (κ3) is 11.0. The van der Waals surface area contributed by atoms with Crippen LogP contribution in [0.5, 0.6) is 0 Å². The summed E-state index contributed by atoms with van der Waals surface area (Å²) >= 11 is -0.639. The fourth-order valence-electron chi connectivity index (χ4n) is 3.39. The minimum atomic E-state index is -0.639. The van der Waals surface area contributed by atoms with Gasteiger partial charge in [0.15, 0.2) is 0 Å². The van der Waals surface area contributed by atoms with E-state index in [1.165, 1.54) is 33.1 Å². The maximum atomic E-state index is 4.90. The number of hydrogen-bond acceptors (Lipinski definition) is 0. The van der Waals surface area contributed by atoms with E-state index >= 15 is 0 Å². The topological polar surface area (TPSA) is 0 Å². The van der Waals surface area contributed by atoms with Crippen molar-refractivity contribution in [2.45, 2.75) is 105 Å². The average Bonchev–Trinajstić information content (AvgIpc) is 2.60. The molecule has 0 aliphatic heterocycles. The van der Waals surface area contributed by atoms with Gasteiger partial charge in [0, 0.05) is 9.24 Å². The summed E-state index contributed by atoms with van der Waals surface area (Å²) in [5.41, 5.74) is 7.84. The second-order valence-electron chi connectivity index (χ2n) is 11.9. The zero-order valence-corrected chi connectivity index (χ0v) is 27.8. The second kappa shape index (κ2) is 13.2. The Morgan fingerprint density at radius 2 is 1.06 bits per heavy atom. The van der Waals surface area contributed by atoms with Crippen LogP contribution in [0.3, 0.4) is 0 Å². The molecule has 1 atom stereocenters. The summed E-state index contributed by atoms with van der Waals surface area (Å²) in [4.78, 5) is 0. The summed E-state index contributed by atoms with van der Waals surface area (Å²) in [7, 11) is 11.9. The molecule has 0 amide bonds. The predicted octanol–water partition coefficient (Wildman–Crippen LogP) is 9.31. The molecule has 0 heterocycles. The number of benzene rings is 2. The first-order valence-electron chi connectivity index (χ1n) is 11.3. The Kier molecular flexibility index (Phi) is 13.3. The molecule has 4 heteroatoms. The van der Waals surface area contributed by atoms with E-state index in [0.29, 0.717) is 5.92 Å². The van der Waals surface area contributed by atoms with Crippen molar-refractivity contribution >= 4 is 33.8 Å². The molecule has 2 rings (SSSR count). The van der Waals surface area contributed by atoms with Gasteiger partial charge in [-0.2, -0.15) is 0 Å². The van der Waals surface area contributed by atoms with Crippen LogP contribution in [-0.2, 0) is 31.7 Å². The van der Waals surface area contributed by atoms with E-state index in [1.54, 1.807) is 0 Å². The van der Waals surface area contributed by atoms with Crippen molar-refractivity contribution in [1.29, 1.82) is 0 Å². The van der Waals surface area contributed by atoms with Gasteiger partial charge in [0.1, 0.15) is 0 Å². The Balaban J connectivity index is 0.000000615. The van der Waals surface area contributed by atoms with Crippen LogP contribution >= 0.6 is 28.5 Å². The Bertz CT molecular complexity index is 785. The molecule has 0 N–H and O–H groups in total. The Hall–Kier alpha value is 0.0864. The third-order valence-electron chi connectivity index (χ3n) is 5.48. The molecule has 0 fully saturated rings. The van der Waals surface area contributed by atoms with Gasteiger partial charge in [-0.3, -0.25) is 0 Å². The number of aryl methyl sites for hydroxylation is 1. The van der Waals surface area contributed by atoms with Gasteiger partial charge in [-0.25, -0.2) is 0 Å². The molecule has 0 aliphatic rings. The van der Waals surface area contributed by atoms with Crippen LogP contribution in [0.2, 0.25) is 0 Å².